The van der Waals surface area contributed by atoms with E-state index >= 15 is 0 Å². The zero-order chi connectivity index (χ0) is 11.4. The smallest absolute Gasteiger partial charge is 0.0628 e. The van der Waals surface area contributed by atoms with E-state index in [0.29, 0.717) is 5.41 Å². The number of ether oxygens (including phenoxy) is 1. The Hall–Kier alpha value is -0.0800. The molecule has 0 radical (unpaired) electrons. The van der Waals surface area contributed by atoms with Crippen LogP contribution < -0.4 is 0 Å². The summed E-state index contributed by atoms with van der Waals surface area (Å²) in [5, 5.41) is 0. The van der Waals surface area contributed by atoms with Crippen LogP contribution in [0.25, 0.3) is 0 Å². The van der Waals surface area contributed by atoms with E-state index in [4.69, 9.17) is 4.74 Å². The zero-order valence-corrected chi connectivity index (χ0v) is 11.0. The molecule has 0 heterocycles. The molecule has 0 amide bonds. The minimum atomic E-state index is -0.0158. The van der Waals surface area contributed by atoms with Crippen LogP contribution in [0.1, 0.15) is 41.0 Å². The van der Waals surface area contributed by atoms with Gasteiger partial charge in [-0.2, -0.15) is 0 Å². The Balaban J connectivity index is 4.19. The van der Waals surface area contributed by atoms with Crippen molar-refractivity contribution in [2.24, 2.45) is 5.41 Å². The Labute approximate surface area is 89.6 Å². The maximum atomic E-state index is 5.47. The topological polar surface area (TPSA) is 12.5 Å². The van der Waals surface area contributed by atoms with Gasteiger partial charge in [-0.15, -0.1) is 0 Å². The lowest BCUT2D eigenvalue weighted by molar-refractivity contribution is -0.0184. The Kier molecular flexibility index (Phi) is 5.10. The molecule has 0 aromatic heterocycles. The molecule has 0 saturated carbocycles. The first-order chi connectivity index (χ1) is 6.22. The average molecular weight is 201 g/mol. The predicted molar refractivity (Wildman–Crippen MR) is 62.7 cm³/mol. The Bertz CT molecular complexity index is 164. The molecule has 0 rings (SSSR count). The second-order valence-corrected chi connectivity index (χ2v) is 5.64. The second-order valence-electron chi connectivity index (χ2n) is 5.64. The third kappa shape index (κ3) is 5.61. The average Bonchev–Trinajstić information content (AvgIpc) is 2.01. The number of rotatable bonds is 6. The molecular weight excluding hydrogens is 174 g/mol. The largest absolute Gasteiger partial charge is 0.379 e. The van der Waals surface area contributed by atoms with E-state index in [9.17, 15) is 0 Å². The summed E-state index contributed by atoms with van der Waals surface area (Å²) in [4.78, 5) is 2.35. The molecule has 0 atom stereocenters. The van der Waals surface area contributed by atoms with E-state index in [1.54, 1.807) is 7.11 Å². The van der Waals surface area contributed by atoms with Crippen LogP contribution in [-0.4, -0.2) is 37.7 Å². The molecule has 0 N–H and O–H groups in total. The van der Waals surface area contributed by atoms with Crippen LogP contribution in [0.4, 0.5) is 0 Å². The highest BCUT2D eigenvalue weighted by atomic mass is 16.5. The van der Waals surface area contributed by atoms with Gasteiger partial charge in [-0.05, 0) is 39.3 Å². The van der Waals surface area contributed by atoms with Crippen molar-refractivity contribution in [2.75, 3.05) is 27.2 Å². The van der Waals surface area contributed by atoms with Crippen molar-refractivity contribution < 1.29 is 4.74 Å². The van der Waals surface area contributed by atoms with Gasteiger partial charge in [0.2, 0.25) is 0 Å². The fourth-order valence-corrected chi connectivity index (χ4v) is 2.12. The van der Waals surface area contributed by atoms with Gasteiger partial charge in [0.1, 0.15) is 0 Å². The molecule has 0 spiro atoms. The Morgan fingerprint density at radius 2 is 1.64 bits per heavy atom. The Morgan fingerprint density at radius 1 is 1.14 bits per heavy atom. The van der Waals surface area contributed by atoms with Crippen molar-refractivity contribution in [3.8, 4) is 0 Å². The minimum absolute atomic E-state index is 0.0158. The number of hydrogen-bond acceptors (Lipinski definition) is 2. The number of methoxy groups -OCH3 is 1. The quantitative estimate of drug-likeness (QED) is 0.655. The zero-order valence-electron chi connectivity index (χ0n) is 11.0. The molecular formula is C12H27NO. The lowest BCUT2D eigenvalue weighted by Gasteiger charge is -2.36. The van der Waals surface area contributed by atoms with Crippen LogP contribution in [0, 0.1) is 5.41 Å². The third-order valence-corrected chi connectivity index (χ3v) is 2.69. The molecule has 2 nitrogen and oxygen atoms in total. The second kappa shape index (κ2) is 5.13. The summed E-state index contributed by atoms with van der Waals surface area (Å²) in [5.41, 5.74) is 0.294. The van der Waals surface area contributed by atoms with Crippen LogP contribution in [0.2, 0.25) is 0 Å². The Morgan fingerprint density at radius 3 is 2.00 bits per heavy atom. The first kappa shape index (κ1) is 13.9. The highest BCUT2D eigenvalue weighted by molar-refractivity contribution is 4.81. The van der Waals surface area contributed by atoms with Gasteiger partial charge in [-0.3, -0.25) is 0 Å². The van der Waals surface area contributed by atoms with E-state index in [1.807, 2.05) is 0 Å². The van der Waals surface area contributed by atoms with Gasteiger partial charge in [-0.25, -0.2) is 0 Å². The molecule has 0 unspecified atom stereocenters. The first-order valence-electron chi connectivity index (χ1n) is 5.46. The standard InChI is InChI=1S/C12H27NO/c1-8-13(6)10-11(2,3)9-12(4,5)14-7/h8-10H2,1-7H3. The summed E-state index contributed by atoms with van der Waals surface area (Å²) in [5.74, 6) is 0. The molecule has 0 aliphatic heterocycles. The first-order valence-corrected chi connectivity index (χ1v) is 5.46. The number of nitrogens with zero attached hydrogens (tertiary/aromatic N) is 1. The molecule has 0 aliphatic rings. The summed E-state index contributed by atoms with van der Waals surface area (Å²) in [7, 11) is 3.96. The maximum absolute atomic E-state index is 5.47. The lowest BCUT2D eigenvalue weighted by Crippen LogP contribution is -2.37. The normalized spacial score (nSPS) is 13.7. The van der Waals surface area contributed by atoms with Crippen molar-refractivity contribution in [1.29, 1.82) is 0 Å². The van der Waals surface area contributed by atoms with Gasteiger partial charge in [0, 0.05) is 13.7 Å². The van der Waals surface area contributed by atoms with Crippen LogP contribution in [0.3, 0.4) is 0 Å². The van der Waals surface area contributed by atoms with Crippen molar-refractivity contribution in [1.82, 2.24) is 4.90 Å². The van der Waals surface area contributed by atoms with Crippen molar-refractivity contribution in [3.63, 3.8) is 0 Å². The highest BCUT2D eigenvalue weighted by Gasteiger charge is 2.29. The SMILES string of the molecule is CCN(C)CC(C)(C)CC(C)(C)OC. The van der Waals surface area contributed by atoms with E-state index in [1.165, 1.54) is 0 Å². The minimum Gasteiger partial charge on any atom is -0.379 e. The maximum Gasteiger partial charge on any atom is 0.0628 e. The van der Waals surface area contributed by atoms with Crippen LogP contribution >= 0.6 is 0 Å². The van der Waals surface area contributed by atoms with Gasteiger partial charge in [-0.1, -0.05) is 20.8 Å². The third-order valence-electron chi connectivity index (χ3n) is 2.69. The van der Waals surface area contributed by atoms with Crippen LogP contribution in [0.15, 0.2) is 0 Å². The van der Waals surface area contributed by atoms with Crippen molar-refractivity contribution in [3.05, 3.63) is 0 Å². The molecule has 0 bridgehead atoms. The monoisotopic (exact) mass is 201 g/mol. The highest BCUT2D eigenvalue weighted by Crippen LogP contribution is 2.30. The molecule has 86 valence electrons. The lowest BCUT2D eigenvalue weighted by atomic mass is 9.81. The summed E-state index contributed by atoms with van der Waals surface area (Å²) >= 11 is 0. The van der Waals surface area contributed by atoms with E-state index < -0.39 is 0 Å². The summed E-state index contributed by atoms with van der Waals surface area (Å²) in [6, 6.07) is 0. The van der Waals surface area contributed by atoms with E-state index in [-0.39, 0.29) is 5.60 Å². The van der Waals surface area contributed by atoms with Crippen LogP contribution in [-0.2, 0) is 4.74 Å². The molecule has 0 aromatic carbocycles. The van der Waals surface area contributed by atoms with Gasteiger partial charge in [0.05, 0.1) is 5.60 Å². The van der Waals surface area contributed by atoms with Gasteiger partial charge in [0.25, 0.3) is 0 Å². The molecule has 0 fully saturated rings. The predicted octanol–water partition coefficient (Wildman–Crippen LogP) is 2.78. The van der Waals surface area contributed by atoms with Gasteiger partial charge >= 0.3 is 0 Å². The van der Waals surface area contributed by atoms with Crippen molar-refractivity contribution in [2.45, 2.75) is 46.6 Å². The molecule has 0 aliphatic carbocycles. The fraction of sp³-hybridized carbons (Fsp3) is 1.00. The molecule has 0 aromatic rings. The molecule has 14 heavy (non-hydrogen) atoms. The van der Waals surface area contributed by atoms with Crippen LogP contribution in [0.5, 0.6) is 0 Å². The van der Waals surface area contributed by atoms with E-state index in [0.717, 1.165) is 19.5 Å². The van der Waals surface area contributed by atoms with Gasteiger partial charge in [0.15, 0.2) is 0 Å². The molecule has 2 heteroatoms. The number of hydrogen-bond donors (Lipinski definition) is 0. The fourth-order valence-electron chi connectivity index (χ4n) is 2.12. The van der Waals surface area contributed by atoms with E-state index in [2.05, 4.69) is 46.6 Å². The summed E-state index contributed by atoms with van der Waals surface area (Å²) in [6.45, 7) is 13.3. The summed E-state index contributed by atoms with van der Waals surface area (Å²) < 4.78 is 5.47. The molecule has 0 saturated heterocycles. The van der Waals surface area contributed by atoms with Gasteiger partial charge < -0.3 is 9.64 Å². The summed E-state index contributed by atoms with van der Waals surface area (Å²) in [6.07, 6.45) is 1.08. The van der Waals surface area contributed by atoms with Crippen molar-refractivity contribution >= 4 is 0 Å².